The third kappa shape index (κ3) is 6.33. The van der Waals surface area contributed by atoms with E-state index >= 15 is 0 Å². The summed E-state index contributed by atoms with van der Waals surface area (Å²) in [5.74, 6) is 1.72. The molecule has 1 unspecified atom stereocenters. The van der Waals surface area contributed by atoms with E-state index in [1.807, 2.05) is 0 Å². The molecule has 2 aromatic carbocycles. The number of nitrogens with zero attached hydrogens (tertiary/aromatic N) is 2. The number of ether oxygens (including phenoxy) is 5. The highest BCUT2D eigenvalue weighted by Gasteiger charge is 2.57. The smallest absolute Gasteiger partial charge is 0.169 e. The van der Waals surface area contributed by atoms with Gasteiger partial charge >= 0.3 is 0 Å². The predicted octanol–water partition coefficient (Wildman–Crippen LogP) is 8.89. The van der Waals surface area contributed by atoms with E-state index in [1.165, 1.54) is 28.1 Å². The van der Waals surface area contributed by atoms with Crippen LogP contribution < -0.4 is 19.3 Å². The molecule has 0 amide bonds. The molecule has 266 valence electrons. The summed E-state index contributed by atoms with van der Waals surface area (Å²) in [5, 5.41) is 0.815. The molecule has 0 saturated heterocycles. The zero-order valence-electron chi connectivity index (χ0n) is 31.4. The second kappa shape index (κ2) is 14.6. The molecule has 2 aliphatic heterocycles. The Morgan fingerprint density at radius 1 is 0.776 bits per heavy atom. The zero-order chi connectivity index (χ0) is 35.7. The minimum atomic E-state index is -0.765. The molecule has 1 atom stereocenters. The van der Waals surface area contributed by atoms with Crippen LogP contribution in [0.3, 0.4) is 0 Å². The molecule has 0 N–H and O–H groups in total. The monoisotopic (exact) mass is 690 g/mol. The number of hydrogen-bond donors (Lipinski definition) is 0. The summed E-state index contributed by atoms with van der Waals surface area (Å²) in [6.45, 7) is 16.0. The van der Waals surface area contributed by atoms with E-state index in [4.69, 9.17) is 35.3 Å². The number of methoxy groups -OCH3 is 5. The van der Waals surface area contributed by atoms with E-state index in [1.54, 1.807) is 35.5 Å². The number of benzene rings is 2. The fourth-order valence-corrected chi connectivity index (χ4v) is 8.51. The highest BCUT2D eigenvalue weighted by atomic mass is 35.5. The van der Waals surface area contributed by atoms with Gasteiger partial charge in [-0.15, -0.1) is 0 Å². The Morgan fingerprint density at radius 3 is 2.00 bits per heavy atom. The van der Waals surface area contributed by atoms with Gasteiger partial charge in [-0.2, -0.15) is 0 Å². The Labute approximate surface area is 299 Å². The van der Waals surface area contributed by atoms with Crippen LogP contribution in [0.25, 0.3) is 0 Å². The third-order valence-corrected chi connectivity index (χ3v) is 11.4. The molecular formula is C41H55ClN2O5. The minimum absolute atomic E-state index is 0.229. The van der Waals surface area contributed by atoms with Crippen molar-refractivity contribution in [2.24, 2.45) is 0 Å². The lowest BCUT2D eigenvalue weighted by Crippen LogP contribution is -2.56. The topological polar surface area (TPSA) is 52.6 Å². The number of anilines is 2. The van der Waals surface area contributed by atoms with Crippen LogP contribution in [0, 0.1) is 13.8 Å². The Morgan fingerprint density at radius 2 is 1.39 bits per heavy atom. The van der Waals surface area contributed by atoms with E-state index in [0.29, 0.717) is 19.8 Å². The van der Waals surface area contributed by atoms with Crippen LogP contribution in [0.2, 0.25) is 0 Å². The molecule has 0 bridgehead atoms. The van der Waals surface area contributed by atoms with Crippen molar-refractivity contribution in [3.63, 3.8) is 0 Å². The Balaban J connectivity index is 1.55. The molecule has 0 aromatic heterocycles. The van der Waals surface area contributed by atoms with Gasteiger partial charge in [0.05, 0.1) is 27.4 Å². The van der Waals surface area contributed by atoms with Gasteiger partial charge in [0.1, 0.15) is 11.5 Å². The summed E-state index contributed by atoms with van der Waals surface area (Å²) >= 11 is 7.29. The predicted molar refractivity (Wildman–Crippen MR) is 202 cm³/mol. The molecule has 0 saturated carbocycles. The highest BCUT2D eigenvalue weighted by Crippen LogP contribution is 2.55. The quantitative estimate of drug-likeness (QED) is 0.221. The first-order valence-corrected chi connectivity index (χ1v) is 17.7. The summed E-state index contributed by atoms with van der Waals surface area (Å²) in [4.78, 5) is 4.75. The average Bonchev–Trinajstić information content (AvgIpc) is 3.41. The number of hydrogen-bond acceptors (Lipinski definition) is 7. The molecule has 0 fully saturated rings. The molecule has 1 aliphatic carbocycles. The maximum absolute atomic E-state index is 7.29. The number of halogens is 1. The van der Waals surface area contributed by atoms with Crippen LogP contribution in [0.1, 0.15) is 69.2 Å². The van der Waals surface area contributed by atoms with Crippen molar-refractivity contribution in [1.29, 1.82) is 0 Å². The SMILES string of the molecule is COCCN1/C(=C\C=C2/CCCC(/C=C/C3(OC)N(CCOC)c4c(C)cc(OC)cc4C3(C)C)=C2Cl)C(C)(C)c2cc(OC)cc(C)c21. The van der Waals surface area contributed by atoms with Gasteiger partial charge < -0.3 is 33.5 Å². The fourth-order valence-electron chi connectivity index (χ4n) is 8.20. The first-order valence-electron chi connectivity index (χ1n) is 17.3. The largest absolute Gasteiger partial charge is 0.497 e. The van der Waals surface area contributed by atoms with E-state index in [-0.39, 0.29) is 5.41 Å². The van der Waals surface area contributed by atoms with Crippen LogP contribution in [0.15, 0.2) is 70.4 Å². The molecule has 0 spiro atoms. The van der Waals surface area contributed by atoms with Gasteiger partial charge in [0, 0.05) is 67.4 Å². The molecule has 2 aromatic rings. The second-order valence-corrected chi connectivity index (χ2v) is 14.8. The molecule has 5 rings (SSSR count). The van der Waals surface area contributed by atoms with Crippen molar-refractivity contribution in [3.8, 4) is 11.5 Å². The van der Waals surface area contributed by atoms with E-state index < -0.39 is 11.1 Å². The van der Waals surface area contributed by atoms with Crippen molar-refractivity contribution in [2.75, 3.05) is 71.7 Å². The molecule has 49 heavy (non-hydrogen) atoms. The third-order valence-electron chi connectivity index (χ3n) is 10.9. The minimum Gasteiger partial charge on any atom is -0.497 e. The highest BCUT2D eigenvalue weighted by molar-refractivity contribution is 6.32. The van der Waals surface area contributed by atoms with Gasteiger partial charge in [-0.25, -0.2) is 0 Å². The van der Waals surface area contributed by atoms with Gasteiger partial charge in [-0.3, -0.25) is 0 Å². The van der Waals surface area contributed by atoms with Gasteiger partial charge in [0.2, 0.25) is 0 Å². The maximum Gasteiger partial charge on any atom is 0.169 e. The van der Waals surface area contributed by atoms with Gasteiger partial charge in [0.15, 0.2) is 5.72 Å². The van der Waals surface area contributed by atoms with Crippen LogP contribution >= 0.6 is 11.6 Å². The lowest BCUT2D eigenvalue weighted by atomic mass is 9.76. The normalized spacial score (nSPS) is 22.9. The number of rotatable bonds is 12. The average molecular weight is 691 g/mol. The molecule has 0 radical (unpaired) electrons. The molecular weight excluding hydrogens is 636 g/mol. The van der Waals surface area contributed by atoms with Gasteiger partial charge in [0.25, 0.3) is 0 Å². The van der Waals surface area contributed by atoms with Crippen LogP contribution in [0.4, 0.5) is 11.4 Å². The summed E-state index contributed by atoms with van der Waals surface area (Å²) in [6.07, 6.45) is 11.7. The Kier molecular flexibility index (Phi) is 11.0. The van der Waals surface area contributed by atoms with Crippen LogP contribution in [0.5, 0.6) is 11.5 Å². The standard InChI is InChI=1S/C41H55ClN2O5/c1-27-23-31(47-9)25-33-37(27)43(19-21-45-7)35(39(33,3)4)16-15-29-13-12-14-30(36(29)42)17-18-41(49-11)40(5,6)34-26-32(48-10)24-28(2)38(34)44(41)20-22-46-8/h15-18,23-26H,12-14,19-22H2,1-11H3/b18-17+,29-15+,35-16-. The molecule has 8 heteroatoms. The molecule has 2 heterocycles. The Hall–Kier alpha value is -3.23. The second-order valence-electron chi connectivity index (χ2n) is 14.4. The van der Waals surface area contributed by atoms with Crippen molar-refractivity contribution < 1.29 is 23.7 Å². The summed E-state index contributed by atoms with van der Waals surface area (Å²) in [7, 11) is 8.74. The lowest BCUT2D eigenvalue weighted by Gasteiger charge is -2.45. The first-order chi connectivity index (χ1) is 23.3. The van der Waals surface area contributed by atoms with Gasteiger partial charge in [-0.05, 0) is 103 Å². The summed E-state index contributed by atoms with van der Waals surface area (Å²) < 4.78 is 29.0. The number of allylic oxidation sites excluding steroid dienone is 7. The van der Waals surface area contributed by atoms with Crippen LogP contribution in [-0.4, -0.2) is 67.6 Å². The first kappa shape index (κ1) is 37.0. The van der Waals surface area contributed by atoms with E-state index in [0.717, 1.165) is 64.7 Å². The van der Waals surface area contributed by atoms with E-state index in [2.05, 4.69) is 99.9 Å². The van der Waals surface area contributed by atoms with Crippen molar-refractivity contribution in [1.82, 2.24) is 0 Å². The molecule has 3 aliphatic rings. The summed E-state index contributed by atoms with van der Waals surface area (Å²) in [5.41, 5.74) is 9.26. The maximum atomic E-state index is 7.29. The number of aryl methyl sites for hydroxylation is 2. The molecule has 7 nitrogen and oxygen atoms in total. The zero-order valence-corrected chi connectivity index (χ0v) is 32.1. The fraction of sp³-hybridized carbons (Fsp3) is 0.512. The number of fused-ring (bicyclic) bond motifs is 2. The van der Waals surface area contributed by atoms with Crippen molar-refractivity contribution in [2.45, 2.75) is 77.4 Å². The summed E-state index contributed by atoms with van der Waals surface area (Å²) in [6, 6.07) is 8.53. The van der Waals surface area contributed by atoms with Gasteiger partial charge in [-0.1, -0.05) is 51.4 Å². The van der Waals surface area contributed by atoms with Crippen molar-refractivity contribution in [3.05, 3.63) is 92.7 Å². The Bertz CT molecular complexity index is 1690. The van der Waals surface area contributed by atoms with Crippen molar-refractivity contribution >= 4 is 23.0 Å². The lowest BCUT2D eigenvalue weighted by molar-refractivity contribution is -0.0190. The van der Waals surface area contributed by atoms with Crippen LogP contribution in [-0.2, 0) is 25.0 Å². The van der Waals surface area contributed by atoms with E-state index in [9.17, 15) is 0 Å².